The first-order valence-corrected chi connectivity index (χ1v) is 12.0. The fourth-order valence-electron chi connectivity index (χ4n) is 2.91. The van der Waals surface area contributed by atoms with Gasteiger partial charge in [-0.2, -0.15) is 13.2 Å². The van der Waals surface area contributed by atoms with Gasteiger partial charge in [0.2, 0.25) is 0 Å². The first-order valence-electron chi connectivity index (χ1n) is 10.8. The highest BCUT2D eigenvalue weighted by molar-refractivity contribution is 7.40. The molecule has 0 rings (SSSR count). The van der Waals surface area contributed by atoms with E-state index in [2.05, 4.69) is 0 Å². The summed E-state index contributed by atoms with van der Waals surface area (Å²) in [6, 6.07) is 0. The number of halogens is 3. The number of unbranched alkanes of at least 4 members (excludes halogenated alkanes) is 6. The zero-order valence-electron chi connectivity index (χ0n) is 19.0. The van der Waals surface area contributed by atoms with E-state index in [0.717, 1.165) is 44.9 Å². The van der Waals surface area contributed by atoms with Crippen molar-refractivity contribution in [1.82, 2.24) is 0 Å². The standard InChI is InChI=1S/C20H39F3NO6P/c1-24(2,3)17-18(16-19(25)26)30-31(27)29-15-10-8-6-4-5-7-9-13-28-14-11-12-20(21,22)23/h18,27H,4-17H2,1-3H3/p+1/t18?,31-/m1/s1. The van der Waals surface area contributed by atoms with E-state index >= 15 is 0 Å². The molecule has 0 bridgehead atoms. The average Bonchev–Trinajstić information content (AvgIpc) is 2.59. The Labute approximate surface area is 185 Å². The number of hydrogen-bond donors (Lipinski definition) is 2. The number of likely N-dealkylation sites (N-methyl/N-ethyl adjacent to an activating group) is 1. The van der Waals surface area contributed by atoms with Crippen LogP contribution in [0.1, 0.15) is 64.2 Å². The Morgan fingerprint density at radius 2 is 1.45 bits per heavy atom. The van der Waals surface area contributed by atoms with Gasteiger partial charge in [-0.25, -0.2) is 0 Å². The van der Waals surface area contributed by atoms with E-state index in [4.69, 9.17) is 18.9 Å². The minimum absolute atomic E-state index is 0.0165. The van der Waals surface area contributed by atoms with Gasteiger partial charge in [0.05, 0.1) is 34.2 Å². The zero-order chi connectivity index (χ0) is 23.8. The summed E-state index contributed by atoms with van der Waals surface area (Å²) in [4.78, 5) is 20.8. The second kappa shape index (κ2) is 17.0. The van der Waals surface area contributed by atoms with Gasteiger partial charge >= 0.3 is 20.7 Å². The molecular formula is C20H40F3NO6P+. The molecule has 0 spiro atoms. The molecule has 0 aliphatic carbocycles. The third kappa shape index (κ3) is 24.0. The van der Waals surface area contributed by atoms with Gasteiger partial charge in [-0.15, -0.1) is 0 Å². The number of ether oxygens (including phenoxy) is 1. The minimum Gasteiger partial charge on any atom is -0.481 e. The molecule has 0 saturated heterocycles. The molecule has 0 aliphatic rings. The molecule has 2 atom stereocenters. The van der Waals surface area contributed by atoms with E-state index in [9.17, 15) is 22.9 Å². The van der Waals surface area contributed by atoms with Crippen LogP contribution in [0.2, 0.25) is 0 Å². The van der Waals surface area contributed by atoms with Crippen LogP contribution in [0.15, 0.2) is 0 Å². The predicted molar refractivity (Wildman–Crippen MR) is 114 cm³/mol. The molecule has 186 valence electrons. The molecule has 0 aromatic carbocycles. The van der Waals surface area contributed by atoms with Gasteiger partial charge < -0.3 is 28.3 Å². The van der Waals surface area contributed by atoms with E-state index in [0.29, 0.717) is 24.2 Å². The van der Waals surface area contributed by atoms with Crippen LogP contribution in [0.4, 0.5) is 13.2 Å². The number of rotatable bonds is 20. The van der Waals surface area contributed by atoms with Crippen LogP contribution >= 0.6 is 8.60 Å². The fourth-order valence-corrected chi connectivity index (χ4v) is 3.65. The van der Waals surface area contributed by atoms with E-state index in [1.54, 1.807) is 0 Å². The van der Waals surface area contributed by atoms with E-state index < -0.39 is 33.3 Å². The second-order valence-electron chi connectivity index (χ2n) is 8.68. The van der Waals surface area contributed by atoms with Crippen LogP contribution in [-0.2, 0) is 18.6 Å². The highest BCUT2D eigenvalue weighted by Gasteiger charge is 2.26. The molecule has 11 heteroatoms. The minimum atomic E-state index is -4.10. The molecule has 31 heavy (non-hydrogen) atoms. The number of alkyl halides is 3. The van der Waals surface area contributed by atoms with Crippen molar-refractivity contribution in [3.05, 3.63) is 0 Å². The molecule has 0 radical (unpaired) electrons. The predicted octanol–water partition coefficient (Wildman–Crippen LogP) is 4.88. The molecule has 0 heterocycles. The van der Waals surface area contributed by atoms with Crippen molar-refractivity contribution >= 4 is 14.6 Å². The number of nitrogens with zero attached hydrogens (tertiary/aromatic N) is 1. The lowest BCUT2D eigenvalue weighted by Crippen LogP contribution is -2.42. The maximum Gasteiger partial charge on any atom is 0.389 e. The van der Waals surface area contributed by atoms with Gasteiger partial charge in [-0.1, -0.05) is 32.1 Å². The summed E-state index contributed by atoms with van der Waals surface area (Å²) in [6.45, 7) is 1.47. The SMILES string of the molecule is C[N+](C)(C)CC(CC(=O)O)O[P@](O)OCCCCCCCCCOCCCC(F)(F)F. The lowest BCUT2D eigenvalue weighted by atomic mass is 10.1. The summed E-state index contributed by atoms with van der Waals surface area (Å²) in [6.07, 6.45) is 1.04. The Balaban J connectivity index is 3.57. The van der Waals surface area contributed by atoms with Crippen molar-refractivity contribution in [3.8, 4) is 0 Å². The third-order valence-electron chi connectivity index (χ3n) is 4.28. The van der Waals surface area contributed by atoms with Gasteiger partial charge in [0.25, 0.3) is 0 Å². The fraction of sp³-hybridized carbons (Fsp3) is 0.950. The Hall–Kier alpha value is -0.510. The monoisotopic (exact) mass is 478 g/mol. The summed E-state index contributed by atoms with van der Waals surface area (Å²) >= 11 is 0. The first-order chi connectivity index (χ1) is 14.4. The summed E-state index contributed by atoms with van der Waals surface area (Å²) in [5, 5.41) is 8.97. The van der Waals surface area contributed by atoms with Crippen LogP contribution in [0.25, 0.3) is 0 Å². The van der Waals surface area contributed by atoms with Crippen LogP contribution < -0.4 is 0 Å². The largest absolute Gasteiger partial charge is 0.481 e. The number of carbonyl (C=O) groups is 1. The quantitative estimate of drug-likeness (QED) is 0.147. The summed E-state index contributed by atoms with van der Waals surface area (Å²) < 4.78 is 52.3. The Bertz CT molecular complexity index is 463. The number of carboxylic acid groups (broad SMARTS) is 1. The van der Waals surface area contributed by atoms with E-state index in [1.165, 1.54) is 0 Å². The van der Waals surface area contributed by atoms with Gasteiger partial charge in [0, 0.05) is 19.6 Å². The maximum atomic E-state index is 12.0. The maximum absolute atomic E-state index is 12.0. The normalized spacial score (nSPS) is 14.5. The van der Waals surface area contributed by atoms with Gasteiger partial charge in [-0.3, -0.25) is 4.79 Å². The number of carboxylic acids is 1. The summed E-state index contributed by atoms with van der Waals surface area (Å²) in [5.41, 5.74) is 0. The van der Waals surface area contributed by atoms with Crippen LogP contribution in [-0.4, -0.2) is 80.2 Å². The Kier molecular flexibility index (Phi) is 16.8. The molecule has 0 aromatic rings. The third-order valence-corrected chi connectivity index (χ3v) is 5.16. The van der Waals surface area contributed by atoms with Gasteiger partial charge in [-0.05, 0) is 19.3 Å². The van der Waals surface area contributed by atoms with Crippen molar-refractivity contribution in [2.75, 3.05) is 47.5 Å². The smallest absolute Gasteiger partial charge is 0.389 e. The average molecular weight is 479 g/mol. The van der Waals surface area contributed by atoms with Crippen LogP contribution in [0.3, 0.4) is 0 Å². The van der Waals surface area contributed by atoms with Crippen molar-refractivity contribution in [2.45, 2.75) is 76.5 Å². The van der Waals surface area contributed by atoms with Crippen molar-refractivity contribution in [3.63, 3.8) is 0 Å². The molecule has 0 fully saturated rings. The Morgan fingerprint density at radius 1 is 0.935 bits per heavy atom. The molecular weight excluding hydrogens is 438 g/mol. The number of aliphatic carboxylic acids is 1. The highest BCUT2D eigenvalue weighted by Crippen LogP contribution is 2.36. The summed E-state index contributed by atoms with van der Waals surface area (Å²) in [5.74, 6) is -0.977. The molecule has 0 amide bonds. The molecule has 7 nitrogen and oxygen atoms in total. The Morgan fingerprint density at radius 3 is 1.97 bits per heavy atom. The van der Waals surface area contributed by atoms with Gasteiger partial charge in [0.15, 0.2) is 0 Å². The molecule has 0 aromatic heterocycles. The van der Waals surface area contributed by atoms with Crippen molar-refractivity contribution in [2.24, 2.45) is 0 Å². The number of hydrogen-bond acceptors (Lipinski definition) is 5. The zero-order valence-corrected chi connectivity index (χ0v) is 19.9. The highest BCUT2D eigenvalue weighted by atomic mass is 31.2. The van der Waals surface area contributed by atoms with Crippen molar-refractivity contribution in [1.29, 1.82) is 0 Å². The first kappa shape index (κ1) is 30.5. The van der Waals surface area contributed by atoms with Crippen LogP contribution in [0, 0.1) is 0 Å². The van der Waals surface area contributed by atoms with Crippen molar-refractivity contribution < 1.29 is 46.2 Å². The summed E-state index contributed by atoms with van der Waals surface area (Å²) in [7, 11) is 3.66. The molecule has 2 N–H and O–H groups in total. The number of quaternary nitrogens is 1. The molecule has 1 unspecified atom stereocenters. The van der Waals surface area contributed by atoms with Gasteiger partial charge in [0.1, 0.15) is 12.6 Å². The van der Waals surface area contributed by atoms with E-state index in [-0.39, 0.29) is 19.4 Å². The topological polar surface area (TPSA) is 85.2 Å². The second-order valence-corrected chi connectivity index (χ2v) is 9.62. The lowest BCUT2D eigenvalue weighted by molar-refractivity contribution is -0.873. The lowest BCUT2D eigenvalue weighted by Gasteiger charge is -2.29. The molecule has 0 saturated carbocycles. The van der Waals surface area contributed by atoms with Crippen LogP contribution in [0.5, 0.6) is 0 Å². The van der Waals surface area contributed by atoms with E-state index in [1.807, 2.05) is 21.1 Å². The molecule has 0 aliphatic heterocycles.